The molecule has 24 heavy (non-hydrogen) atoms. The van der Waals surface area contributed by atoms with Gasteiger partial charge in [0.2, 0.25) is 10.0 Å². The molecule has 2 N–H and O–H groups in total. The Balaban J connectivity index is 2.22. The number of rotatable bonds is 6. The largest absolute Gasteiger partial charge is 0.496 e. The average Bonchev–Trinajstić information content (AvgIpc) is 2.61. The van der Waals surface area contributed by atoms with Crippen LogP contribution in [-0.2, 0) is 10.0 Å². The zero-order chi connectivity index (χ0) is 17.7. The molecule has 0 bridgehead atoms. The van der Waals surface area contributed by atoms with E-state index in [0.717, 1.165) is 5.56 Å². The first-order chi connectivity index (χ1) is 11.4. The number of methoxy groups -OCH3 is 1. The van der Waals surface area contributed by atoms with E-state index in [1.165, 1.54) is 25.2 Å². The Kier molecular flexibility index (Phi) is 5.58. The Morgan fingerprint density at radius 1 is 1.12 bits per heavy atom. The number of amides is 1. The van der Waals surface area contributed by atoms with E-state index in [-0.39, 0.29) is 22.4 Å². The maximum atomic E-state index is 12.4. The average molecular weight is 348 g/mol. The molecular weight excluding hydrogens is 328 g/mol. The Bertz CT molecular complexity index is 834. The maximum absolute atomic E-state index is 12.4. The summed E-state index contributed by atoms with van der Waals surface area (Å²) in [6.07, 6.45) is 0. The minimum absolute atomic E-state index is 0.0441. The molecule has 0 aliphatic rings. The third-order valence-electron chi connectivity index (χ3n) is 3.63. The van der Waals surface area contributed by atoms with Gasteiger partial charge in [-0.1, -0.05) is 24.3 Å². The van der Waals surface area contributed by atoms with Gasteiger partial charge in [0.15, 0.2) is 0 Å². The number of hydrogen-bond donors (Lipinski definition) is 2. The fourth-order valence-electron chi connectivity index (χ4n) is 2.30. The molecule has 0 aliphatic heterocycles. The van der Waals surface area contributed by atoms with Crippen molar-refractivity contribution in [3.63, 3.8) is 0 Å². The van der Waals surface area contributed by atoms with Crippen molar-refractivity contribution in [1.82, 2.24) is 10.0 Å². The predicted octanol–water partition coefficient (Wildman–Crippen LogP) is 2.09. The molecule has 0 unspecified atom stereocenters. The van der Waals surface area contributed by atoms with Crippen molar-refractivity contribution in [2.75, 3.05) is 14.2 Å². The number of nitrogens with one attached hydrogen (secondary N) is 2. The zero-order valence-corrected chi connectivity index (χ0v) is 14.6. The topological polar surface area (TPSA) is 84.5 Å². The molecule has 1 amide bonds. The van der Waals surface area contributed by atoms with Gasteiger partial charge in [-0.2, -0.15) is 0 Å². The van der Waals surface area contributed by atoms with E-state index < -0.39 is 10.0 Å². The smallest absolute Gasteiger partial charge is 0.251 e. The minimum Gasteiger partial charge on any atom is -0.496 e. The van der Waals surface area contributed by atoms with Crippen LogP contribution in [0.15, 0.2) is 53.4 Å². The third-order valence-corrected chi connectivity index (χ3v) is 5.04. The third kappa shape index (κ3) is 3.93. The molecule has 0 saturated carbocycles. The fourth-order valence-corrected chi connectivity index (χ4v) is 3.08. The molecule has 2 rings (SSSR count). The lowest BCUT2D eigenvalue weighted by Gasteiger charge is -2.17. The van der Waals surface area contributed by atoms with Crippen molar-refractivity contribution in [3.05, 3.63) is 59.7 Å². The van der Waals surface area contributed by atoms with Gasteiger partial charge in [0.25, 0.3) is 5.91 Å². The van der Waals surface area contributed by atoms with Gasteiger partial charge >= 0.3 is 0 Å². The number of carbonyl (C=O) groups excluding carboxylic acids is 1. The molecule has 6 nitrogen and oxygen atoms in total. The van der Waals surface area contributed by atoms with Gasteiger partial charge in [-0.25, -0.2) is 13.1 Å². The van der Waals surface area contributed by atoms with Crippen LogP contribution >= 0.6 is 0 Å². The first-order valence-corrected chi connectivity index (χ1v) is 8.84. The molecule has 0 saturated heterocycles. The van der Waals surface area contributed by atoms with Gasteiger partial charge in [-0.05, 0) is 38.2 Å². The van der Waals surface area contributed by atoms with Crippen LogP contribution in [0, 0.1) is 0 Å². The Morgan fingerprint density at radius 3 is 2.50 bits per heavy atom. The second-order valence-corrected chi connectivity index (χ2v) is 7.06. The van der Waals surface area contributed by atoms with Crippen molar-refractivity contribution >= 4 is 15.9 Å². The van der Waals surface area contributed by atoms with E-state index in [1.807, 2.05) is 31.2 Å². The zero-order valence-electron chi connectivity index (χ0n) is 13.7. The molecule has 2 aromatic rings. The van der Waals surface area contributed by atoms with Gasteiger partial charge in [0, 0.05) is 11.1 Å². The van der Waals surface area contributed by atoms with Crippen LogP contribution in [0.4, 0.5) is 0 Å². The number of para-hydroxylation sites is 1. The summed E-state index contributed by atoms with van der Waals surface area (Å²) < 4.78 is 31.2. The lowest BCUT2D eigenvalue weighted by Crippen LogP contribution is -2.27. The highest BCUT2D eigenvalue weighted by Crippen LogP contribution is 2.24. The van der Waals surface area contributed by atoms with Crippen molar-refractivity contribution in [3.8, 4) is 5.75 Å². The van der Waals surface area contributed by atoms with Gasteiger partial charge in [0.05, 0.1) is 18.0 Å². The summed E-state index contributed by atoms with van der Waals surface area (Å²) in [7, 11) is -0.701. The van der Waals surface area contributed by atoms with Crippen molar-refractivity contribution < 1.29 is 17.9 Å². The summed E-state index contributed by atoms with van der Waals surface area (Å²) in [6.45, 7) is 1.84. The second kappa shape index (κ2) is 7.46. The standard InChI is InChI=1S/C17H20N2O4S/c1-12(15-9-4-5-10-16(15)23-3)19-17(20)13-7-6-8-14(11-13)24(21,22)18-2/h4-12,18H,1-3H3,(H,19,20)/t12-/m1/s1. The molecule has 7 heteroatoms. The van der Waals surface area contributed by atoms with E-state index >= 15 is 0 Å². The van der Waals surface area contributed by atoms with Gasteiger partial charge in [0.1, 0.15) is 5.75 Å². The van der Waals surface area contributed by atoms with E-state index in [4.69, 9.17) is 4.74 Å². The van der Waals surface area contributed by atoms with Crippen LogP contribution in [0.3, 0.4) is 0 Å². The van der Waals surface area contributed by atoms with Crippen LogP contribution in [0.5, 0.6) is 5.75 Å². The summed E-state index contributed by atoms with van der Waals surface area (Å²) in [5.74, 6) is 0.318. The number of ether oxygens (including phenoxy) is 1. The predicted molar refractivity (Wildman–Crippen MR) is 91.6 cm³/mol. The maximum Gasteiger partial charge on any atom is 0.251 e. The lowest BCUT2D eigenvalue weighted by atomic mass is 10.1. The van der Waals surface area contributed by atoms with Gasteiger partial charge in [-0.3, -0.25) is 4.79 Å². The highest BCUT2D eigenvalue weighted by atomic mass is 32.2. The Morgan fingerprint density at radius 2 is 1.83 bits per heavy atom. The normalized spacial score (nSPS) is 12.5. The van der Waals surface area contributed by atoms with E-state index in [2.05, 4.69) is 10.0 Å². The van der Waals surface area contributed by atoms with Crippen molar-refractivity contribution in [2.45, 2.75) is 17.9 Å². The van der Waals surface area contributed by atoms with Crippen LogP contribution in [0.1, 0.15) is 28.9 Å². The summed E-state index contributed by atoms with van der Waals surface area (Å²) in [5.41, 5.74) is 1.11. The van der Waals surface area contributed by atoms with Crippen molar-refractivity contribution in [2.24, 2.45) is 0 Å². The molecule has 0 radical (unpaired) electrons. The van der Waals surface area contributed by atoms with Crippen molar-refractivity contribution in [1.29, 1.82) is 0 Å². The highest BCUT2D eigenvalue weighted by Gasteiger charge is 2.17. The fraction of sp³-hybridized carbons (Fsp3) is 0.235. The monoisotopic (exact) mass is 348 g/mol. The molecule has 0 spiro atoms. The first kappa shape index (κ1) is 18.0. The molecule has 2 aromatic carbocycles. The summed E-state index contributed by atoms with van der Waals surface area (Å²) in [5, 5.41) is 2.85. The van der Waals surface area contributed by atoms with Crippen LogP contribution < -0.4 is 14.8 Å². The quantitative estimate of drug-likeness (QED) is 0.837. The summed E-state index contributed by atoms with van der Waals surface area (Å²) in [4.78, 5) is 12.5. The number of hydrogen-bond acceptors (Lipinski definition) is 4. The highest BCUT2D eigenvalue weighted by molar-refractivity contribution is 7.89. The van der Waals surface area contributed by atoms with Crippen LogP contribution in [-0.4, -0.2) is 28.5 Å². The van der Waals surface area contributed by atoms with Gasteiger partial charge in [-0.15, -0.1) is 0 Å². The Hall–Kier alpha value is -2.38. The first-order valence-electron chi connectivity index (χ1n) is 7.36. The Labute approximate surface area is 141 Å². The van der Waals surface area contributed by atoms with E-state index in [9.17, 15) is 13.2 Å². The number of carbonyl (C=O) groups is 1. The molecule has 0 fully saturated rings. The number of benzene rings is 2. The molecule has 0 aliphatic carbocycles. The van der Waals surface area contributed by atoms with Crippen LogP contribution in [0.2, 0.25) is 0 Å². The summed E-state index contributed by atoms with van der Waals surface area (Å²) >= 11 is 0. The molecule has 0 heterocycles. The molecule has 128 valence electrons. The second-order valence-electron chi connectivity index (χ2n) is 5.17. The number of sulfonamides is 1. The minimum atomic E-state index is -3.60. The molecular formula is C17H20N2O4S. The SMILES string of the molecule is CNS(=O)(=O)c1cccc(C(=O)N[C@H](C)c2ccccc2OC)c1. The van der Waals surface area contributed by atoms with E-state index in [1.54, 1.807) is 13.2 Å². The molecule has 1 atom stereocenters. The van der Waals surface area contributed by atoms with Crippen LogP contribution in [0.25, 0.3) is 0 Å². The summed E-state index contributed by atoms with van der Waals surface area (Å²) in [6, 6.07) is 13.0. The van der Waals surface area contributed by atoms with Gasteiger partial charge < -0.3 is 10.1 Å². The van der Waals surface area contributed by atoms with E-state index in [0.29, 0.717) is 5.75 Å². The lowest BCUT2D eigenvalue weighted by molar-refractivity contribution is 0.0939. The molecule has 0 aromatic heterocycles.